The van der Waals surface area contributed by atoms with Crippen molar-refractivity contribution in [1.29, 1.82) is 0 Å². The average molecular weight is 159 g/mol. The minimum absolute atomic E-state index is 0.243. The highest BCUT2D eigenvalue weighted by molar-refractivity contribution is 7.89. The van der Waals surface area contributed by atoms with Crippen molar-refractivity contribution >= 4 is 10.0 Å². The van der Waals surface area contributed by atoms with E-state index in [-0.39, 0.29) is 5.03 Å². The number of aromatic nitrogens is 2. The average Bonchev–Trinajstić information content (AvgIpc) is 2.36. The summed E-state index contributed by atoms with van der Waals surface area (Å²) in [5, 5.41) is 0.243. The van der Waals surface area contributed by atoms with Crippen LogP contribution in [-0.4, -0.2) is 18.0 Å². The monoisotopic (exact) mass is 159 g/mol. The quantitative estimate of drug-likeness (QED) is 0.535. The van der Waals surface area contributed by atoms with Gasteiger partial charge in [0.05, 0.1) is 19.2 Å². The minimum Gasteiger partial charge on any atom is -0.306 e. The number of nitrogens with one attached hydrogen (secondary N) is 1. The van der Waals surface area contributed by atoms with Gasteiger partial charge in [0.25, 0.3) is 10.0 Å². The number of rotatable bonds is 0. The Morgan fingerprint density at radius 1 is 1.70 bits per heavy atom. The second kappa shape index (κ2) is 1.58. The molecular formula is C4H5N3O2S. The van der Waals surface area contributed by atoms with Gasteiger partial charge in [-0.15, -0.1) is 0 Å². The zero-order chi connectivity index (χ0) is 7.19. The molecule has 0 amide bonds. The van der Waals surface area contributed by atoms with Gasteiger partial charge < -0.3 is 4.57 Å². The molecule has 0 unspecified atom stereocenters. The van der Waals surface area contributed by atoms with E-state index in [4.69, 9.17) is 0 Å². The zero-order valence-electron chi connectivity index (χ0n) is 4.98. The van der Waals surface area contributed by atoms with E-state index in [1.54, 1.807) is 0 Å². The molecule has 0 bridgehead atoms. The Hall–Kier alpha value is -0.880. The van der Waals surface area contributed by atoms with Crippen molar-refractivity contribution in [3.05, 3.63) is 12.5 Å². The zero-order valence-corrected chi connectivity index (χ0v) is 5.80. The van der Waals surface area contributed by atoms with Crippen molar-refractivity contribution in [3.63, 3.8) is 0 Å². The summed E-state index contributed by atoms with van der Waals surface area (Å²) in [6.45, 7) is 0.303. The van der Waals surface area contributed by atoms with Crippen LogP contribution in [0.4, 0.5) is 0 Å². The van der Waals surface area contributed by atoms with Gasteiger partial charge in [0.2, 0.25) is 0 Å². The Labute approximate surface area is 57.7 Å². The first-order chi connectivity index (χ1) is 4.70. The number of nitrogens with zero attached hydrogens (tertiary/aromatic N) is 2. The van der Waals surface area contributed by atoms with Crippen LogP contribution in [0.1, 0.15) is 0 Å². The van der Waals surface area contributed by atoms with Crippen molar-refractivity contribution < 1.29 is 8.42 Å². The van der Waals surface area contributed by atoms with Crippen molar-refractivity contribution in [2.75, 3.05) is 0 Å². The second-order valence-corrected chi connectivity index (χ2v) is 3.72. The fourth-order valence-electron chi connectivity index (χ4n) is 0.880. The maximum absolute atomic E-state index is 10.9. The maximum Gasteiger partial charge on any atom is 0.259 e. The van der Waals surface area contributed by atoms with Crippen molar-refractivity contribution in [1.82, 2.24) is 14.3 Å². The lowest BCUT2D eigenvalue weighted by atomic mass is 10.9. The minimum atomic E-state index is -3.21. The SMILES string of the molecule is O=S1(=O)NCn2cncc21. The summed E-state index contributed by atoms with van der Waals surface area (Å²) in [4.78, 5) is 3.68. The lowest BCUT2D eigenvalue weighted by Gasteiger charge is -1.86. The van der Waals surface area contributed by atoms with Gasteiger partial charge in [-0.2, -0.15) is 4.72 Å². The molecule has 0 saturated heterocycles. The van der Waals surface area contributed by atoms with Gasteiger partial charge in [-0.05, 0) is 0 Å². The number of hydrogen-bond acceptors (Lipinski definition) is 3. The van der Waals surface area contributed by atoms with Crippen LogP contribution in [0.25, 0.3) is 0 Å². The van der Waals surface area contributed by atoms with Crippen molar-refractivity contribution in [2.45, 2.75) is 11.7 Å². The molecule has 0 radical (unpaired) electrons. The van der Waals surface area contributed by atoms with Crippen LogP contribution in [-0.2, 0) is 16.7 Å². The van der Waals surface area contributed by atoms with Crippen LogP contribution in [0.3, 0.4) is 0 Å². The second-order valence-electron chi connectivity index (χ2n) is 2.01. The summed E-state index contributed by atoms with van der Waals surface area (Å²) in [6.07, 6.45) is 2.81. The van der Waals surface area contributed by atoms with Gasteiger partial charge >= 0.3 is 0 Å². The van der Waals surface area contributed by atoms with E-state index < -0.39 is 10.0 Å². The van der Waals surface area contributed by atoms with Crippen LogP contribution in [0.15, 0.2) is 17.6 Å². The van der Waals surface area contributed by atoms with E-state index in [0.29, 0.717) is 6.67 Å². The van der Waals surface area contributed by atoms with Crippen LogP contribution >= 0.6 is 0 Å². The highest BCUT2D eigenvalue weighted by Gasteiger charge is 2.24. The first-order valence-electron chi connectivity index (χ1n) is 2.70. The lowest BCUT2D eigenvalue weighted by Crippen LogP contribution is -2.14. The standard InChI is InChI=1S/C4H5N3O2S/c8-10(9)4-1-5-2-7(4)3-6-10/h1-2,6H,3H2. The predicted octanol–water partition coefficient (Wildman–Crippen LogP) is -0.868. The van der Waals surface area contributed by atoms with E-state index in [2.05, 4.69) is 9.71 Å². The molecule has 1 aromatic rings. The van der Waals surface area contributed by atoms with Crippen molar-refractivity contribution in [3.8, 4) is 0 Å². The Kier molecular flexibility index (Phi) is 0.930. The Morgan fingerprint density at radius 3 is 3.20 bits per heavy atom. The Balaban J connectivity index is 2.76. The molecule has 2 heterocycles. The normalized spacial score (nSPS) is 20.8. The summed E-state index contributed by atoms with van der Waals surface area (Å²) >= 11 is 0. The van der Waals surface area contributed by atoms with Crippen LogP contribution in [0.5, 0.6) is 0 Å². The molecule has 10 heavy (non-hydrogen) atoms. The number of fused-ring (bicyclic) bond motifs is 1. The molecule has 0 atom stereocenters. The molecule has 0 aliphatic carbocycles. The number of sulfonamides is 1. The number of imidazole rings is 1. The summed E-state index contributed by atoms with van der Waals surface area (Å²) in [7, 11) is -3.21. The Morgan fingerprint density at radius 2 is 2.50 bits per heavy atom. The predicted molar refractivity (Wildman–Crippen MR) is 32.5 cm³/mol. The lowest BCUT2D eigenvalue weighted by molar-refractivity contribution is 0.588. The van der Waals surface area contributed by atoms with Gasteiger partial charge in [0, 0.05) is 0 Å². The highest BCUT2D eigenvalue weighted by atomic mass is 32.2. The third kappa shape index (κ3) is 0.598. The van der Waals surface area contributed by atoms with E-state index in [9.17, 15) is 8.42 Å². The summed E-state index contributed by atoms with van der Waals surface area (Å²) < 4.78 is 25.8. The largest absolute Gasteiger partial charge is 0.306 e. The van der Waals surface area contributed by atoms with Gasteiger partial charge in [0.1, 0.15) is 0 Å². The van der Waals surface area contributed by atoms with Crippen molar-refractivity contribution in [2.24, 2.45) is 0 Å². The van der Waals surface area contributed by atoms with Gasteiger partial charge in [-0.25, -0.2) is 13.4 Å². The molecule has 6 heteroatoms. The smallest absolute Gasteiger partial charge is 0.259 e. The maximum atomic E-state index is 10.9. The molecule has 1 aliphatic rings. The molecule has 5 nitrogen and oxygen atoms in total. The van der Waals surface area contributed by atoms with Crippen LogP contribution < -0.4 is 4.72 Å². The first kappa shape index (κ1) is 5.87. The molecule has 2 rings (SSSR count). The van der Waals surface area contributed by atoms with Crippen LogP contribution in [0.2, 0.25) is 0 Å². The summed E-state index contributed by atoms with van der Waals surface area (Å²) in [5.41, 5.74) is 0. The molecular weight excluding hydrogens is 154 g/mol. The van der Waals surface area contributed by atoms with E-state index in [0.717, 1.165) is 0 Å². The molecule has 1 aromatic heterocycles. The van der Waals surface area contributed by atoms with Gasteiger partial charge in [-0.3, -0.25) is 0 Å². The molecule has 54 valence electrons. The molecule has 0 spiro atoms. The third-order valence-electron chi connectivity index (χ3n) is 1.37. The Bertz CT molecular complexity index is 352. The van der Waals surface area contributed by atoms with Gasteiger partial charge in [-0.1, -0.05) is 0 Å². The highest BCUT2D eigenvalue weighted by Crippen LogP contribution is 2.12. The van der Waals surface area contributed by atoms with E-state index in [1.807, 2.05) is 0 Å². The number of hydrogen-bond donors (Lipinski definition) is 1. The van der Waals surface area contributed by atoms with Crippen LogP contribution in [0, 0.1) is 0 Å². The topological polar surface area (TPSA) is 64.0 Å². The van der Waals surface area contributed by atoms with E-state index >= 15 is 0 Å². The van der Waals surface area contributed by atoms with E-state index in [1.165, 1.54) is 17.1 Å². The molecule has 0 aromatic carbocycles. The van der Waals surface area contributed by atoms with Gasteiger partial charge in [0.15, 0.2) is 5.03 Å². The fraction of sp³-hybridized carbons (Fsp3) is 0.250. The third-order valence-corrected chi connectivity index (χ3v) is 2.77. The molecule has 0 fully saturated rings. The molecule has 1 aliphatic heterocycles. The molecule has 0 saturated carbocycles. The fourth-order valence-corrected chi connectivity index (χ4v) is 1.96. The molecule has 1 N–H and O–H groups in total. The summed E-state index contributed by atoms with van der Waals surface area (Å²) in [5.74, 6) is 0. The summed E-state index contributed by atoms with van der Waals surface area (Å²) in [6, 6.07) is 0. The first-order valence-corrected chi connectivity index (χ1v) is 4.18.